The first-order valence-corrected chi connectivity index (χ1v) is 7.31. The molecular weight excluding hydrogens is 309 g/mol. The molecule has 1 N–H and O–H groups in total. The van der Waals surface area contributed by atoms with Gasteiger partial charge in [-0.15, -0.1) is 0 Å². The molecule has 2 aromatic carbocycles. The highest BCUT2D eigenvalue weighted by Crippen LogP contribution is 2.32. The first kappa shape index (κ1) is 15.7. The predicted molar refractivity (Wildman–Crippen MR) is 86.4 cm³/mol. The zero-order valence-electron chi connectivity index (χ0n) is 11.5. The molecule has 0 saturated carbocycles. The largest absolute Gasteiger partial charge is 0.481 e. The van der Waals surface area contributed by atoms with Gasteiger partial charge in [-0.1, -0.05) is 48.3 Å². The van der Waals surface area contributed by atoms with Crippen molar-refractivity contribution in [1.29, 1.82) is 0 Å². The van der Waals surface area contributed by atoms with Crippen LogP contribution in [0.3, 0.4) is 0 Å². The SMILES string of the molecule is CCc1cccc(NC(=O)COc2c(Cl)cccc2Cl)c1. The van der Waals surface area contributed by atoms with E-state index in [9.17, 15) is 4.79 Å². The molecule has 0 aliphatic carbocycles. The van der Waals surface area contributed by atoms with Crippen LogP contribution in [0.5, 0.6) is 5.75 Å². The van der Waals surface area contributed by atoms with Crippen molar-refractivity contribution >= 4 is 34.8 Å². The summed E-state index contributed by atoms with van der Waals surface area (Å²) in [6, 6.07) is 12.7. The third-order valence-corrected chi connectivity index (χ3v) is 3.48. The molecule has 0 aliphatic rings. The molecule has 0 radical (unpaired) electrons. The van der Waals surface area contributed by atoms with E-state index < -0.39 is 0 Å². The number of carbonyl (C=O) groups excluding carboxylic acids is 1. The number of anilines is 1. The van der Waals surface area contributed by atoms with E-state index >= 15 is 0 Å². The second kappa shape index (κ2) is 7.34. The molecule has 0 unspecified atom stereocenters. The minimum absolute atomic E-state index is 0.153. The number of carbonyl (C=O) groups is 1. The van der Waals surface area contributed by atoms with E-state index in [4.69, 9.17) is 27.9 Å². The van der Waals surface area contributed by atoms with Crippen molar-refractivity contribution in [2.45, 2.75) is 13.3 Å². The van der Waals surface area contributed by atoms with Gasteiger partial charge in [-0.2, -0.15) is 0 Å². The second-order valence-corrected chi connectivity index (χ2v) is 5.26. The molecule has 21 heavy (non-hydrogen) atoms. The molecule has 0 bridgehead atoms. The molecule has 5 heteroatoms. The zero-order chi connectivity index (χ0) is 15.2. The highest BCUT2D eigenvalue weighted by molar-refractivity contribution is 6.37. The summed E-state index contributed by atoms with van der Waals surface area (Å²) in [6.07, 6.45) is 0.912. The van der Waals surface area contributed by atoms with Crippen LogP contribution in [-0.2, 0) is 11.2 Å². The maximum Gasteiger partial charge on any atom is 0.262 e. The summed E-state index contributed by atoms with van der Waals surface area (Å²) in [6.45, 7) is 1.91. The summed E-state index contributed by atoms with van der Waals surface area (Å²) in [5, 5.41) is 3.53. The number of ether oxygens (including phenoxy) is 1. The number of halogens is 2. The maximum absolute atomic E-state index is 11.9. The number of hydrogen-bond donors (Lipinski definition) is 1. The molecule has 0 saturated heterocycles. The minimum atomic E-state index is -0.265. The Kier molecular flexibility index (Phi) is 5.48. The molecule has 0 aliphatic heterocycles. The Morgan fingerprint density at radius 2 is 1.81 bits per heavy atom. The Labute approximate surface area is 133 Å². The van der Waals surface area contributed by atoms with Crippen LogP contribution in [0.15, 0.2) is 42.5 Å². The molecule has 0 aromatic heterocycles. The Hall–Kier alpha value is -1.71. The number of para-hydroxylation sites is 1. The van der Waals surface area contributed by atoms with Gasteiger partial charge in [0.2, 0.25) is 0 Å². The number of aryl methyl sites for hydroxylation is 1. The summed E-state index contributed by atoms with van der Waals surface area (Å²) < 4.78 is 5.38. The van der Waals surface area contributed by atoms with E-state index in [1.54, 1.807) is 18.2 Å². The van der Waals surface area contributed by atoms with Crippen molar-refractivity contribution in [3.63, 3.8) is 0 Å². The third kappa shape index (κ3) is 4.38. The molecule has 0 spiro atoms. The van der Waals surface area contributed by atoms with Gasteiger partial charge in [0, 0.05) is 5.69 Å². The van der Waals surface area contributed by atoms with E-state index in [0.717, 1.165) is 17.7 Å². The first-order chi connectivity index (χ1) is 10.1. The number of hydrogen-bond acceptors (Lipinski definition) is 2. The van der Waals surface area contributed by atoms with Gasteiger partial charge in [0.15, 0.2) is 12.4 Å². The average Bonchev–Trinajstić information content (AvgIpc) is 2.47. The number of rotatable bonds is 5. The summed E-state index contributed by atoms with van der Waals surface area (Å²) in [4.78, 5) is 11.9. The quantitative estimate of drug-likeness (QED) is 0.875. The Morgan fingerprint density at radius 3 is 2.48 bits per heavy atom. The van der Waals surface area contributed by atoms with Crippen LogP contribution in [0.25, 0.3) is 0 Å². The van der Waals surface area contributed by atoms with E-state index in [1.807, 2.05) is 24.3 Å². The highest BCUT2D eigenvalue weighted by Gasteiger charge is 2.09. The summed E-state index contributed by atoms with van der Waals surface area (Å²) in [5.74, 6) is 0.0533. The maximum atomic E-state index is 11.9. The topological polar surface area (TPSA) is 38.3 Å². The molecule has 2 aromatic rings. The molecule has 0 heterocycles. The fourth-order valence-electron chi connectivity index (χ4n) is 1.82. The molecule has 0 atom stereocenters. The average molecular weight is 324 g/mol. The van der Waals surface area contributed by atoms with Crippen molar-refractivity contribution < 1.29 is 9.53 Å². The second-order valence-electron chi connectivity index (χ2n) is 4.44. The van der Waals surface area contributed by atoms with Gasteiger partial charge in [0.25, 0.3) is 5.91 Å². The fraction of sp³-hybridized carbons (Fsp3) is 0.188. The van der Waals surface area contributed by atoms with Gasteiger partial charge in [0.1, 0.15) is 0 Å². The molecule has 3 nitrogen and oxygen atoms in total. The lowest BCUT2D eigenvalue weighted by Gasteiger charge is -2.10. The number of benzene rings is 2. The van der Waals surface area contributed by atoms with E-state index in [-0.39, 0.29) is 12.5 Å². The summed E-state index contributed by atoms with van der Waals surface area (Å²) in [7, 11) is 0. The predicted octanol–water partition coefficient (Wildman–Crippen LogP) is 4.57. The van der Waals surface area contributed by atoms with Crippen molar-refractivity contribution in [2.24, 2.45) is 0 Å². The van der Waals surface area contributed by atoms with Crippen LogP contribution in [0.4, 0.5) is 5.69 Å². The van der Waals surface area contributed by atoms with E-state index in [1.165, 1.54) is 0 Å². The minimum Gasteiger partial charge on any atom is -0.481 e. The number of amides is 1. The van der Waals surface area contributed by atoms with Crippen molar-refractivity contribution in [2.75, 3.05) is 11.9 Å². The molecule has 0 fully saturated rings. The zero-order valence-corrected chi connectivity index (χ0v) is 13.0. The van der Waals surface area contributed by atoms with Gasteiger partial charge < -0.3 is 10.1 Å². The van der Waals surface area contributed by atoms with Crippen LogP contribution < -0.4 is 10.1 Å². The van der Waals surface area contributed by atoms with Crippen LogP contribution in [0.2, 0.25) is 10.0 Å². The molecule has 110 valence electrons. The lowest BCUT2D eigenvalue weighted by Crippen LogP contribution is -2.20. The third-order valence-electron chi connectivity index (χ3n) is 2.89. The van der Waals surface area contributed by atoms with Crippen LogP contribution in [0, 0.1) is 0 Å². The normalized spacial score (nSPS) is 10.2. The Balaban J connectivity index is 1.96. The Bertz CT molecular complexity index is 624. The highest BCUT2D eigenvalue weighted by atomic mass is 35.5. The van der Waals surface area contributed by atoms with Gasteiger partial charge in [-0.3, -0.25) is 4.79 Å². The van der Waals surface area contributed by atoms with Crippen LogP contribution in [0.1, 0.15) is 12.5 Å². The van der Waals surface area contributed by atoms with Crippen molar-refractivity contribution in [3.8, 4) is 5.75 Å². The summed E-state index contributed by atoms with van der Waals surface area (Å²) in [5.41, 5.74) is 1.90. The van der Waals surface area contributed by atoms with Crippen molar-refractivity contribution in [3.05, 3.63) is 58.1 Å². The Morgan fingerprint density at radius 1 is 1.14 bits per heavy atom. The smallest absolute Gasteiger partial charge is 0.262 e. The monoisotopic (exact) mass is 323 g/mol. The van der Waals surface area contributed by atoms with Crippen molar-refractivity contribution in [1.82, 2.24) is 0 Å². The van der Waals surface area contributed by atoms with Gasteiger partial charge in [-0.25, -0.2) is 0 Å². The molecule has 1 amide bonds. The fourth-order valence-corrected chi connectivity index (χ4v) is 2.33. The molecular formula is C16H15Cl2NO2. The molecule has 2 rings (SSSR count). The standard InChI is InChI=1S/C16H15Cl2NO2/c1-2-11-5-3-6-12(9-11)19-15(20)10-21-16-13(17)7-4-8-14(16)18/h3-9H,2,10H2,1H3,(H,19,20). The number of nitrogens with one attached hydrogen (secondary N) is 1. The van der Waals surface area contributed by atoms with Crippen LogP contribution in [-0.4, -0.2) is 12.5 Å². The summed E-state index contributed by atoms with van der Waals surface area (Å²) >= 11 is 11.9. The van der Waals surface area contributed by atoms with Gasteiger partial charge in [0.05, 0.1) is 10.0 Å². The van der Waals surface area contributed by atoms with Crippen LogP contribution >= 0.6 is 23.2 Å². The van der Waals surface area contributed by atoms with Gasteiger partial charge >= 0.3 is 0 Å². The van der Waals surface area contributed by atoms with E-state index in [0.29, 0.717) is 15.8 Å². The first-order valence-electron chi connectivity index (χ1n) is 6.55. The van der Waals surface area contributed by atoms with Gasteiger partial charge in [-0.05, 0) is 36.2 Å². The van der Waals surface area contributed by atoms with E-state index in [2.05, 4.69) is 12.2 Å². The lowest BCUT2D eigenvalue weighted by atomic mass is 10.1. The lowest BCUT2D eigenvalue weighted by molar-refractivity contribution is -0.118.